The van der Waals surface area contributed by atoms with Gasteiger partial charge in [0.2, 0.25) is 0 Å². The average Bonchev–Trinajstić information content (AvgIpc) is 2.47. The predicted molar refractivity (Wildman–Crippen MR) is 78.7 cm³/mol. The summed E-state index contributed by atoms with van der Waals surface area (Å²) < 4.78 is 18.9. The smallest absolute Gasteiger partial charge is 0.134 e. The maximum atomic E-state index is 13.7. The molecule has 0 spiro atoms. The van der Waals surface area contributed by atoms with Crippen LogP contribution in [0.1, 0.15) is 0 Å². The van der Waals surface area contributed by atoms with Crippen LogP contribution >= 0.6 is 11.6 Å². The van der Waals surface area contributed by atoms with Gasteiger partial charge in [-0.25, -0.2) is 9.37 Å². The van der Waals surface area contributed by atoms with Gasteiger partial charge in [0, 0.05) is 5.56 Å². The van der Waals surface area contributed by atoms with E-state index in [1.54, 1.807) is 25.3 Å². The highest BCUT2D eigenvalue weighted by molar-refractivity contribution is 6.35. The maximum Gasteiger partial charge on any atom is 0.134 e. The molecule has 0 fully saturated rings. The van der Waals surface area contributed by atoms with Gasteiger partial charge in [0.15, 0.2) is 0 Å². The molecule has 0 aliphatic heterocycles. The van der Waals surface area contributed by atoms with E-state index in [4.69, 9.17) is 16.3 Å². The van der Waals surface area contributed by atoms with E-state index >= 15 is 0 Å². The van der Waals surface area contributed by atoms with E-state index in [2.05, 4.69) is 4.98 Å². The maximum absolute atomic E-state index is 13.7. The molecule has 2 aromatic carbocycles. The Morgan fingerprint density at radius 1 is 1.10 bits per heavy atom. The summed E-state index contributed by atoms with van der Waals surface area (Å²) in [6.07, 6.45) is 0. The first kappa shape index (κ1) is 12.9. The SMILES string of the molecule is COc1ccc(-c2cc(Cl)c3c(F)cccc3n2)cc1. The number of hydrogen-bond acceptors (Lipinski definition) is 2. The summed E-state index contributed by atoms with van der Waals surface area (Å²) >= 11 is 6.17. The van der Waals surface area contributed by atoms with Crippen molar-refractivity contribution in [2.45, 2.75) is 0 Å². The highest BCUT2D eigenvalue weighted by atomic mass is 35.5. The van der Waals surface area contributed by atoms with Gasteiger partial charge in [-0.15, -0.1) is 0 Å². The molecule has 0 aliphatic rings. The zero-order chi connectivity index (χ0) is 14.1. The van der Waals surface area contributed by atoms with Crippen LogP contribution in [-0.2, 0) is 0 Å². The van der Waals surface area contributed by atoms with Gasteiger partial charge in [-0.1, -0.05) is 17.7 Å². The third-order valence-corrected chi connectivity index (χ3v) is 3.42. The highest BCUT2D eigenvalue weighted by Crippen LogP contribution is 2.30. The summed E-state index contributed by atoms with van der Waals surface area (Å²) in [5.74, 6) is 0.410. The third kappa shape index (κ3) is 2.21. The lowest BCUT2D eigenvalue weighted by atomic mass is 10.1. The van der Waals surface area contributed by atoms with E-state index < -0.39 is 0 Å². The lowest BCUT2D eigenvalue weighted by molar-refractivity contribution is 0.415. The molecule has 4 heteroatoms. The number of halogens is 2. The molecule has 3 aromatic rings. The second kappa shape index (κ2) is 5.10. The Morgan fingerprint density at radius 2 is 1.85 bits per heavy atom. The van der Waals surface area contributed by atoms with Crippen LogP contribution in [0, 0.1) is 5.82 Å². The van der Waals surface area contributed by atoms with Crippen molar-refractivity contribution in [1.82, 2.24) is 4.98 Å². The van der Waals surface area contributed by atoms with Crippen LogP contribution in [0.25, 0.3) is 22.2 Å². The summed E-state index contributed by atoms with van der Waals surface area (Å²) in [6.45, 7) is 0. The minimum absolute atomic E-state index is 0.353. The fraction of sp³-hybridized carbons (Fsp3) is 0.0625. The van der Waals surface area contributed by atoms with E-state index in [1.807, 2.05) is 24.3 Å². The number of aromatic nitrogens is 1. The van der Waals surface area contributed by atoms with Gasteiger partial charge >= 0.3 is 0 Å². The van der Waals surface area contributed by atoms with Crippen LogP contribution < -0.4 is 4.74 Å². The first-order valence-corrected chi connectivity index (χ1v) is 6.46. The molecule has 0 atom stereocenters. The van der Waals surface area contributed by atoms with Crippen LogP contribution in [0.3, 0.4) is 0 Å². The summed E-state index contributed by atoms with van der Waals surface area (Å²) in [7, 11) is 1.61. The molecule has 0 saturated heterocycles. The Morgan fingerprint density at radius 3 is 2.55 bits per heavy atom. The summed E-state index contributed by atoms with van der Waals surface area (Å²) in [4.78, 5) is 4.46. The van der Waals surface area contributed by atoms with Crippen molar-refractivity contribution in [3.8, 4) is 17.0 Å². The van der Waals surface area contributed by atoms with Gasteiger partial charge in [-0.3, -0.25) is 0 Å². The fourth-order valence-electron chi connectivity index (χ4n) is 2.11. The molecule has 20 heavy (non-hydrogen) atoms. The van der Waals surface area contributed by atoms with Gasteiger partial charge in [0.25, 0.3) is 0 Å². The van der Waals surface area contributed by atoms with Gasteiger partial charge in [-0.2, -0.15) is 0 Å². The van der Waals surface area contributed by atoms with E-state index in [9.17, 15) is 4.39 Å². The van der Waals surface area contributed by atoms with Crippen molar-refractivity contribution in [2.75, 3.05) is 7.11 Å². The van der Waals surface area contributed by atoms with Crippen LogP contribution in [0.4, 0.5) is 4.39 Å². The zero-order valence-corrected chi connectivity index (χ0v) is 11.5. The van der Waals surface area contributed by atoms with Crippen molar-refractivity contribution >= 4 is 22.5 Å². The zero-order valence-electron chi connectivity index (χ0n) is 10.7. The fourth-order valence-corrected chi connectivity index (χ4v) is 2.40. The number of pyridine rings is 1. The highest BCUT2D eigenvalue weighted by Gasteiger charge is 2.09. The average molecular weight is 288 g/mol. The summed E-state index contributed by atoms with van der Waals surface area (Å²) in [6, 6.07) is 13.9. The number of fused-ring (bicyclic) bond motifs is 1. The molecule has 0 radical (unpaired) electrons. The number of methoxy groups -OCH3 is 1. The number of nitrogens with zero attached hydrogens (tertiary/aromatic N) is 1. The Labute approximate surface area is 120 Å². The number of benzene rings is 2. The number of hydrogen-bond donors (Lipinski definition) is 0. The third-order valence-electron chi connectivity index (χ3n) is 3.12. The van der Waals surface area contributed by atoms with Gasteiger partial charge in [0.1, 0.15) is 11.6 Å². The minimum atomic E-state index is -0.360. The second-order valence-electron chi connectivity index (χ2n) is 4.35. The van der Waals surface area contributed by atoms with Crippen LogP contribution in [-0.4, -0.2) is 12.1 Å². The molecule has 3 rings (SSSR count). The molecule has 1 aromatic heterocycles. The molecular formula is C16H11ClFNO. The first-order chi connectivity index (χ1) is 9.69. The van der Waals surface area contributed by atoms with Crippen molar-refractivity contribution in [2.24, 2.45) is 0 Å². The molecule has 1 heterocycles. The van der Waals surface area contributed by atoms with Gasteiger partial charge < -0.3 is 4.74 Å². The molecule has 0 N–H and O–H groups in total. The lowest BCUT2D eigenvalue weighted by Crippen LogP contribution is -1.89. The van der Waals surface area contributed by atoms with E-state index in [1.165, 1.54) is 6.07 Å². The molecule has 0 saturated carbocycles. The number of rotatable bonds is 2. The van der Waals surface area contributed by atoms with E-state index in [0.29, 0.717) is 21.6 Å². The standard InChI is InChI=1S/C16H11ClFNO/c1-20-11-7-5-10(6-8-11)15-9-12(17)16-13(18)3-2-4-14(16)19-15/h2-9H,1H3. The number of ether oxygens (including phenoxy) is 1. The van der Waals surface area contributed by atoms with Crippen LogP contribution in [0.2, 0.25) is 5.02 Å². The van der Waals surface area contributed by atoms with Gasteiger partial charge in [0.05, 0.1) is 28.7 Å². The Bertz CT molecular complexity index is 771. The summed E-state index contributed by atoms with van der Waals surface area (Å²) in [5, 5.41) is 0.713. The Kier molecular flexibility index (Phi) is 3.28. The van der Waals surface area contributed by atoms with Crippen molar-refractivity contribution in [3.05, 3.63) is 59.4 Å². The van der Waals surface area contributed by atoms with Crippen molar-refractivity contribution in [1.29, 1.82) is 0 Å². The van der Waals surface area contributed by atoms with E-state index in [-0.39, 0.29) is 5.82 Å². The first-order valence-electron chi connectivity index (χ1n) is 6.08. The topological polar surface area (TPSA) is 22.1 Å². The van der Waals surface area contributed by atoms with E-state index in [0.717, 1.165) is 11.3 Å². The molecule has 0 unspecified atom stereocenters. The Hall–Kier alpha value is -2.13. The largest absolute Gasteiger partial charge is 0.497 e. The second-order valence-corrected chi connectivity index (χ2v) is 4.76. The molecule has 100 valence electrons. The normalized spacial score (nSPS) is 10.8. The lowest BCUT2D eigenvalue weighted by Gasteiger charge is -2.07. The Balaban J connectivity index is 2.17. The van der Waals surface area contributed by atoms with Crippen LogP contribution in [0.15, 0.2) is 48.5 Å². The molecule has 0 aliphatic carbocycles. The predicted octanol–water partition coefficient (Wildman–Crippen LogP) is 4.70. The summed E-state index contributed by atoms with van der Waals surface area (Å²) in [5.41, 5.74) is 2.15. The van der Waals surface area contributed by atoms with Crippen molar-refractivity contribution < 1.29 is 9.13 Å². The van der Waals surface area contributed by atoms with Crippen LogP contribution in [0.5, 0.6) is 5.75 Å². The molecule has 0 bridgehead atoms. The van der Waals surface area contributed by atoms with Crippen molar-refractivity contribution in [3.63, 3.8) is 0 Å². The van der Waals surface area contributed by atoms with Gasteiger partial charge in [-0.05, 0) is 42.5 Å². The quantitative estimate of drug-likeness (QED) is 0.681. The monoisotopic (exact) mass is 287 g/mol. The minimum Gasteiger partial charge on any atom is -0.497 e. The molecular weight excluding hydrogens is 277 g/mol. The molecule has 2 nitrogen and oxygen atoms in total. The molecule has 0 amide bonds.